The predicted octanol–water partition coefficient (Wildman–Crippen LogP) is 2.57. The Morgan fingerprint density at radius 1 is 1.30 bits per heavy atom. The Labute approximate surface area is 123 Å². The van der Waals surface area contributed by atoms with E-state index in [4.69, 9.17) is 9.47 Å². The number of rotatable bonds is 8. The molecule has 1 amide bonds. The SMILES string of the molecule is COCCCC(CO)(CNC(=O)OC(C)(C)C)C(C)C. The number of hydrogen-bond donors (Lipinski definition) is 2. The number of nitrogens with one attached hydrogen (secondary N) is 1. The van der Waals surface area contributed by atoms with Crippen LogP contribution in [0.1, 0.15) is 47.5 Å². The summed E-state index contributed by atoms with van der Waals surface area (Å²) in [7, 11) is 1.66. The highest BCUT2D eigenvalue weighted by Crippen LogP contribution is 2.32. The highest BCUT2D eigenvalue weighted by molar-refractivity contribution is 5.67. The molecule has 0 saturated heterocycles. The maximum Gasteiger partial charge on any atom is 0.407 e. The van der Waals surface area contributed by atoms with Crippen molar-refractivity contribution in [2.75, 3.05) is 26.9 Å². The Balaban J connectivity index is 4.53. The van der Waals surface area contributed by atoms with Crippen molar-refractivity contribution < 1.29 is 19.4 Å². The van der Waals surface area contributed by atoms with E-state index in [-0.39, 0.29) is 17.9 Å². The van der Waals surface area contributed by atoms with Crippen molar-refractivity contribution in [2.45, 2.75) is 53.1 Å². The fourth-order valence-electron chi connectivity index (χ4n) is 2.03. The van der Waals surface area contributed by atoms with Gasteiger partial charge in [0.15, 0.2) is 0 Å². The first-order chi connectivity index (χ1) is 9.17. The third kappa shape index (κ3) is 7.10. The van der Waals surface area contributed by atoms with Crippen LogP contribution >= 0.6 is 0 Å². The van der Waals surface area contributed by atoms with Gasteiger partial charge in [-0.15, -0.1) is 0 Å². The summed E-state index contributed by atoms with van der Waals surface area (Å²) in [5.41, 5.74) is -0.852. The number of hydrogen-bond acceptors (Lipinski definition) is 4. The van der Waals surface area contributed by atoms with Crippen molar-refractivity contribution >= 4 is 6.09 Å². The number of aliphatic hydroxyl groups excluding tert-OH is 1. The zero-order valence-electron chi connectivity index (χ0n) is 13.8. The van der Waals surface area contributed by atoms with E-state index in [2.05, 4.69) is 19.2 Å². The monoisotopic (exact) mass is 289 g/mol. The maximum atomic E-state index is 11.7. The third-order valence-electron chi connectivity index (χ3n) is 3.55. The molecule has 0 saturated carbocycles. The molecular formula is C15H31NO4. The van der Waals surface area contributed by atoms with Crippen molar-refractivity contribution in [3.8, 4) is 0 Å². The van der Waals surface area contributed by atoms with E-state index in [0.29, 0.717) is 13.2 Å². The highest BCUT2D eigenvalue weighted by Gasteiger charge is 2.33. The minimum absolute atomic E-state index is 0.0319. The fourth-order valence-corrected chi connectivity index (χ4v) is 2.03. The molecule has 1 atom stereocenters. The molecule has 120 valence electrons. The van der Waals surface area contributed by atoms with Gasteiger partial charge in [0, 0.05) is 25.7 Å². The first-order valence-corrected chi connectivity index (χ1v) is 7.23. The van der Waals surface area contributed by atoms with Crippen LogP contribution in [0.15, 0.2) is 0 Å². The molecular weight excluding hydrogens is 258 g/mol. The van der Waals surface area contributed by atoms with Crippen molar-refractivity contribution in [3.63, 3.8) is 0 Å². The van der Waals surface area contributed by atoms with Gasteiger partial charge < -0.3 is 19.9 Å². The van der Waals surface area contributed by atoms with Gasteiger partial charge in [-0.25, -0.2) is 4.79 Å². The Kier molecular flexibility index (Phi) is 8.13. The normalized spacial score (nSPS) is 15.0. The number of carbonyl (C=O) groups excluding carboxylic acids is 1. The Hall–Kier alpha value is -0.810. The minimum atomic E-state index is -0.514. The topological polar surface area (TPSA) is 67.8 Å². The van der Waals surface area contributed by atoms with Crippen LogP contribution < -0.4 is 5.32 Å². The van der Waals surface area contributed by atoms with Gasteiger partial charge in [-0.05, 0) is 39.5 Å². The van der Waals surface area contributed by atoms with Gasteiger partial charge in [0.1, 0.15) is 5.60 Å². The van der Waals surface area contributed by atoms with E-state index in [1.165, 1.54) is 0 Å². The van der Waals surface area contributed by atoms with Crippen LogP contribution in [0.3, 0.4) is 0 Å². The Morgan fingerprint density at radius 3 is 2.30 bits per heavy atom. The zero-order valence-corrected chi connectivity index (χ0v) is 13.8. The maximum absolute atomic E-state index is 11.7. The van der Waals surface area contributed by atoms with Gasteiger partial charge in [-0.3, -0.25) is 0 Å². The van der Waals surface area contributed by atoms with Gasteiger partial charge in [-0.1, -0.05) is 13.8 Å². The van der Waals surface area contributed by atoms with Crippen molar-refractivity contribution in [3.05, 3.63) is 0 Å². The van der Waals surface area contributed by atoms with Crippen LogP contribution in [0, 0.1) is 11.3 Å². The van der Waals surface area contributed by atoms with Gasteiger partial charge in [-0.2, -0.15) is 0 Å². The molecule has 0 fully saturated rings. The smallest absolute Gasteiger partial charge is 0.407 e. The molecule has 5 nitrogen and oxygen atoms in total. The molecule has 0 aromatic heterocycles. The van der Waals surface area contributed by atoms with E-state index < -0.39 is 11.7 Å². The number of methoxy groups -OCH3 is 1. The predicted molar refractivity (Wildman–Crippen MR) is 79.7 cm³/mol. The number of ether oxygens (including phenoxy) is 2. The summed E-state index contributed by atoms with van der Waals surface area (Å²) in [4.78, 5) is 11.7. The third-order valence-corrected chi connectivity index (χ3v) is 3.55. The average molecular weight is 289 g/mol. The quantitative estimate of drug-likeness (QED) is 0.674. The van der Waals surface area contributed by atoms with Crippen molar-refractivity contribution in [2.24, 2.45) is 11.3 Å². The summed E-state index contributed by atoms with van der Waals surface area (Å²) >= 11 is 0. The minimum Gasteiger partial charge on any atom is -0.444 e. The summed E-state index contributed by atoms with van der Waals surface area (Å²) < 4.78 is 10.3. The molecule has 0 aromatic rings. The second-order valence-electron chi connectivity index (χ2n) is 6.63. The molecule has 0 spiro atoms. The number of carbonyl (C=O) groups is 1. The van der Waals surface area contributed by atoms with Gasteiger partial charge in [0.05, 0.1) is 6.61 Å². The second kappa shape index (κ2) is 8.47. The highest BCUT2D eigenvalue weighted by atomic mass is 16.6. The molecule has 0 heterocycles. The molecule has 0 aliphatic heterocycles. The van der Waals surface area contributed by atoms with Crippen molar-refractivity contribution in [1.82, 2.24) is 5.32 Å². The number of aliphatic hydroxyl groups is 1. The van der Waals surface area contributed by atoms with Gasteiger partial charge in [0.25, 0.3) is 0 Å². The number of alkyl carbamates (subject to hydrolysis) is 1. The Morgan fingerprint density at radius 2 is 1.90 bits per heavy atom. The molecule has 1 unspecified atom stereocenters. The average Bonchev–Trinajstić information content (AvgIpc) is 2.31. The standard InChI is InChI=1S/C15H31NO4/c1-12(2)15(11-17,8-7-9-19-6)10-16-13(18)20-14(3,4)5/h12,17H,7-11H2,1-6H3,(H,16,18). The van der Waals surface area contributed by atoms with Crippen LogP contribution in [-0.4, -0.2) is 43.7 Å². The first-order valence-electron chi connectivity index (χ1n) is 7.23. The van der Waals surface area contributed by atoms with Crippen LogP contribution in [0.2, 0.25) is 0 Å². The first kappa shape index (κ1) is 19.2. The summed E-state index contributed by atoms with van der Waals surface area (Å²) in [6, 6.07) is 0. The lowest BCUT2D eigenvalue weighted by Crippen LogP contribution is -2.45. The molecule has 0 radical (unpaired) electrons. The Bertz CT molecular complexity index is 286. The van der Waals surface area contributed by atoms with E-state index in [9.17, 15) is 9.90 Å². The lowest BCUT2D eigenvalue weighted by molar-refractivity contribution is 0.0333. The van der Waals surface area contributed by atoms with E-state index >= 15 is 0 Å². The lowest BCUT2D eigenvalue weighted by Gasteiger charge is -2.36. The summed E-state index contributed by atoms with van der Waals surface area (Å²) in [6.07, 6.45) is 1.21. The molecule has 20 heavy (non-hydrogen) atoms. The summed E-state index contributed by atoms with van der Waals surface area (Å²) in [5.74, 6) is 0.249. The van der Waals surface area contributed by atoms with E-state index in [1.807, 2.05) is 20.8 Å². The lowest BCUT2D eigenvalue weighted by atomic mass is 9.74. The second-order valence-corrected chi connectivity index (χ2v) is 6.63. The van der Waals surface area contributed by atoms with Gasteiger partial charge in [0.2, 0.25) is 0 Å². The molecule has 2 N–H and O–H groups in total. The summed E-state index contributed by atoms with van der Waals surface area (Å²) in [6.45, 7) is 10.7. The number of amides is 1. The van der Waals surface area contributed by atoms with Crippen molar-refractivity contribution in [1.29, 1.82) is 0 Å². The largest absolute Gasteiger partial charge is 0.444 e. The molecule has 5 heteroatoms. The van der Waals surface area contributed by atoms with Crippen LogP contribution in [0.4, 0.5) is 4.79 Å². The van der Waals surface area contributed by atoms with E-state index in [0.717, 1.165) is 12.8 Å². The zero-order chi connectivity index (χ0) is 15.8. The van der Waals surface area contributed by atoms with Crippen LogP contribution in [-0.2, 0) is 9.47 Å². The van der Waals surface area contributed by atoms with Gasteiger partial charge >= 0.3 is 6.09 Å². The van der Waals surface area contributed by atoms with Crippen LogP contribution in [0.5, 0.6) is 0 Å². The molecule has 0 aliphatic carbocycles. The molecule has 0 rings (SSSR count). The molecule has 0 bridgehead atoms. The molecule has 0 aliphatic rings. The fraction of sp³-hybridized carbons (Fsp3) is 0.933. The summed E-state index contributed by atoms with van der Waals surface area (Å²) in [5, 5.41) is 12.5. The van der Waals surface area contributed by atoms with Crippen LogP contribution in [0.25, 0.3) is 0 Å². The van der Waals surface area contributed by atoms with E-state index in [1.54, 1.807) is 7.11 Å². The molecule has 0 aromatic carbocycles.